The molecule has 2 rings (SSSR count). The minimum Gasteiger partial charge on any atom is -0.481 e. The van der Waals surface area contributed by atoms with Crippen LogP contribution in [0.2, 0.25) is 5.02 Å². The highest BCUT2D eigenvalue weighted by Crippen LogP contribution is 2.15. The Morgan fingerprint density at radius 2 is 1.45 bits per heavy atom. The molecule has 10 nitrogen and oxygen atoms in total. The van der Waals surface area contributed by atoms with E-state index in [4.69, 9.17) is 16.7 Å². The van der Waals surface area contributed by atoms with Crippen LogP contribution >= 0.6 is 24.2 Å². The molecule has 0 saturated heterocycles. The smallest absolute Gasteiger partial charge is 0.303 e. The Morgan fingerprint density at radius 3 is 2.07 bits per heavy atom. The molecule has 0 fully saturated rings. The van der Waals surface area contributed by atoms with E-state index in [0.717, 1.165) is 11.1 Å². The number of hydrogen-bond acceptors (Lipinski definition) is 6. The molecule has 0 saturated carbocycles. The van der Waals surface area contributed by atoms with Crippen molar-refractivity contribution < 1.29 is 29.1 Å². The lowest BCUT2D eigenvalue weighted by Gasteiger charge is -2.26. The van der Waals surface area contributed by atoms with E-state index >= 15 is 0 Å². The highest BCUT2D eigenvalue weighted by Gasteiger charge is 2.30. The van der Waals surface area contributed by atoms with Gasteiger partial charge in [-0.15, -0.1) is 0 Å². The van der Waals surface area contributed by atoms with E-state index in [2.05, 4.69) is 33.9 Å². The molecule has 3 atom stereocenters. The lowest BCUT2D eigenvalue weighted by atomic mass is 10.0. The van der Waals surface area contributed by atoms with Gasteiger partial charge in [0.2, 0.25) is 23.6 Å². The number of halogens is 1. The lowest BCUT2D eigenvalue weighted by Crippen LogP contribution is -2.57. The zero-order valence-electron chi connectivity index (χ0n) is 23.8. The highest BCUT2D eigenvalue weighted by molar-refractivity contribution is 7.80. The predicted octanol–water partition coefficient (Wildman–Crippen LogP) is 2.54. The van der Waals surface area contributed by atoms with Crippen molar-refractivity contribution in [2.24, 2.45) is 5.92 Å². The maximum Gasteiger partial charge on any atom is 0.303 e. The summed E-state index contributed by atoms with van der Waals surface area (Å²) in [5.41, 5.74) is 1.60. The summed E-state index contributed by atoms with van der Waals surface area (Å²) in [6.45, 7) is 4.03. The molecule has 2 aromatic rings. The number of carbonyl (C=O) groups is 5. The van der Waals surface area contributed by atoms with E-state index < -0.39 is 47.7 Å². The summed E-state index contributed by atoms with van der Waals surface area (Å²) in [5.74, 6) is -3.30. The quantitative estimate of drug-likeness (QED) is 0.150. The average Bonchev–Trinajstić information content (AvgIpc) is 2.94. The maximum atomic E-state index is 13.2. The number of carbonyl (C=O) groups excluding carboxylic acids is 4. The normalized spacial score (nSPS) is 13.0. The van der Waals surface area contributed by atoms with E-state index in [1.165, 1.54) is 0 Å². The van der Waals surface area contributed by atoms with E-state index in [9.17, 15) is 24.0 Å². The lowest BCUT2D eigenvalue weighted by molar-refractivity contribution is -0.138. The fraction of sp³-hybridized carbons (Fsp3) is 0.433. The zero-order chi connectivity index (χ0) is 31.1. The van der Waals surface area contributed by atoms with Crippen molar-refractivity contribution in [3.8, 4) is 0 Å². The third-order valence-electron chi connectivity index (χ3n) is 6.31. The predicted molar refractivity (Wildman–Crippen MR) is 164 cm³/mol. The van der Waals surface area contributed by atoms with Gasteiger partial charge in [0, 0.05) is 23.7 Å². The monoisotopic (exact) mass is 618 g/mol. The van der Waals surface area contributed by atoms with Gasteiger partial charge in [0.1, 0.15) is 18.1 Å². The second-order valence-electron chi connectivity index (χ2n) is 10.3. The van der Waals surface area contributed by atoms with Crippen molar-refractivity contribution in [3.63, 3.8) is 0 Å². The molecule has 228 valence electrons. The Morgan fingerprint density at radius 1 is 0.833 bits per heavy atom. The molecule has 0 aromatic heterocycles. The standard InChI is InChI=1S/C30H39ClN4O6S/c1-19(2)16-24(30(41)35-25(18-42)28(39)32-15-14-21-10-6-7-11-22(21)31)34-29(40)23(12-13-27(37)38)33-26(36)17-20-8-4-3-5-9-20/h3-11,19,23-25,42H,12-18H2,1-2H3,(H,32,39)(H,33,36)(H,34,40)(H,35,41)(H,37,38)/t23-,24-,25-/m0/s1. The van der Waals surface area contributed by atoms with Crippen LogP contribution in [0.5, 0.6) is 0 Å². The zero-order valence-corrected chi connectivity index (χ0v) is 25.4. The van der Waals surface area contributed by atoms with Gasteiger partial charge in [-0.2, -0.15) is 12.6 Å². The Balaban J connectivity index is 2.04. The molecule has 0 unspecified atom stereocenters. The molecule has 5 N–H and O–H groups in total. The van der Waals surface area contributed by atoms with E-state index in [-0.39, 0.29) is 37.4 Å². The minimum absolute atomic E-state index is 0.00279. The number of thiol groups is 1. The molecular formula is C30H39ClN4O6S. The van der Waals surface area contributed by atoms with Crippen LogP contribution in [0.15, 0.2) is 54.6 Å². The van der Waals surface area contributed by atoms with Gasteiger partial charge in [0.25, 0.3) is 0 Å². The van der Waals surface area contributed by atoms with E-state index in [1.54, 1.807) is 30.3 Å². The number of nitrogens with one attached hydrogen (secondary N) is 4. The van der Waals surface area contributed by atoms with Gasteiger partial charge in [0.05, 0.1) is 6.42 Å². The van der Waals surface area contributed by atoms with Crippen molar-refractivity contribution in [2.45, 2.75) is 64.1 Å². The highest BCUT2D eigenvalue weighted by atomic mass is 35.5. The first-order chi connectivity index (χ1) is 20.0. The van der Waals surface area contributed by atoms with Crippen LogP contribution in [0.1, 0.15) is 44.2 Å². The number of benzene rings is 2. The fourth-order valence-corrected chi connectivity index (χ4v) is 4.64. The third kappa shape index (κ3) is 12.5. The first-order valence-electron chi connectivity index (χ1n) is 13.8. The van der Waals surface area contributed by atoms with Crippen LogP contribution in [0.4, 0.5) is 0 Å². The van der Waals surface area contributed by atoms with Gasteiger partial charge in [-0.1, -0.05) is 74.0 Å². The van der Waals surface area contributed by atoms with Crippen LogP contribution < -0.4 is 21.3 Å². The molecule has 0 aliphatic carbocycles. The summed E-state index contributed by atoms with van der Waals surface area (Å²) in [7, 11) is 0. The maximum absolute atomic E-state index is 13.2. The third-order valence-corrected chi connectivity index (χ3v) is 7.05. The second kappa shape index (κ2) is 18.1. The molecule has 0 spiro atoms. The van der Waals surface area contributed by atoms with Gasteiger partial charge in [-0.25, -0.2) is 0 Å². The van der Waals surface area contributed by atoms with E-state index in [0.29, 0.717) is 18.0 Å². The first kappa shape index (κ1) is 34.6. The molecule has 0 radical (unpaired) electrons. The van der Waals surface area contributed by atoms with Crippen LogP contribution in [0, 0.1) is 5.92 Å². The molecule has 2 aromatic carbocycles. The summed E-state index contributed by atoms with van der Waals surface area (Å²) in [4.78, 5) is 63.1. The average molecular weight is 619 g/mol. The summed E-state index contributed by atoms with van der Waals surface area (Å²) in [6, 6.07) is 13.0. The van der Waals surface area contributed by atoms with Crippen LogP contribution in [-0.4, -0.2) is 65.1 Å². The van der Waals surface area contributed by atoms with Gasteiger partial charge >= 0.3 is 5.97 Å². The van der Waals surface area contributed by atoms with Crippen LogP contribution in [0.3, 0.4) is 0 Å². The Hall–Kier alpha value is -3.57. The fourth-order valence-electron chi connectivity index (χ4n) is 4.15. The molecule has 0 aliphatic rings. The van der Waals surface area contributed by atoms with Crippen molar-refractivity contribution in [2.75, 3.05) is 12.3 Å². The van der Waals surface area contributed by atoms with Crippen molar-refractivity contribution in [3.05, 3.63) is 70.7 Å². The van der Waals surface area contributed by atoms with Gasteiger partial charge in [0.15, 0.2) is 0 Å². The SMILES string of the molecule is CC(C)C[C@H](NC(=O)[C@H](CCC(=O)O)NC(=O)Cc1ccccc1)C(=O)N[C@@H](CS)C(=O)NCCc1ccccc1Cl. The number of rotatable bonds is 17. The summed E-state index contributed by atoms with van der Waals surface area (Å²) < 4.78 is 0. The largest absolute Gasteiger partial charge is 0.481 e. The molecule has 0 bridgehead atoms. The summed E-state index contributed by atoms with van der Waals surface area (Å²) >= 11 is 10.4. The topological polar surface area (TPSA) is 154 Å². The van der Waals surface area contributed by atoms with Crippen molar-refractivity contribution >= 4 is 53.8 Å². The van der Waals surface area contributed by atoms with Crippen molar-refractivity contribution in [1.29, 1.82) is 0 Å². The molecule has 12 heteroatoms. The van der Waals surface area contributed by atoms with Crippen molar-refractivity contribution in [1.82, 2.24) is 21.3 Å². The van der Waals surface area contributed by atoms with Gasteiger partial charge in [-0.05, 0) is 42.4 Å². The van der Waals surface area contributed by atoms with Gasteiger partial charge < -0.3 is 26.4 Å². The number of hydrogen-bond donors (Lipinski definition) is 6. The number of carboxylic acid groups (broad SMARTS) is 1. The molecule has 42 heavy (non-hydrogen) atoms. The Bertz CT molecular complexity index is 1210. The molecule has 0 heterocycles. The summed E-state index contributed by atoms with van der Waals surface area (Å²) in [6.07, 6.45) is 0.224. The Kier molecular flexibility index (Phi) is 14.9. The first-order valence-corrected chi connectivity index (χ1v) is 14.8. The second-order valence-corrected chi connectivity index (χ2v) is 11.1. The van der Waals surface area contributed by atoms with Crippen LogP contribution in [-0.2, 0) is 36.8 Å². The Labute approximate surface area is 256 Å². The molecule has 4 amide bonds. The molecular weight excluding hydrogens is 580 g/mol. The summed E-state index contributed by atoms with van der Waals surface area (Å²) in [5, 5.41) is 20.4. The minimum atomic E-state index is -1.17. The molecule has 0 aliphatic heterocycles. The number of aliphatic carboxylic acids is 1. The number of amides is 4. The van der Waals surface area contributed by atoms with Crippen LogP contribution in [0.25, 0.3) is 0 Å². The number of carboxylic acids is 1. The van der Waals surface area contributed by atoms with E-state index in [1.807, 2.05) is 38.1 Å². The van der Waals surface area contributed by atoms with Gasteiger partial charge in [-0.3, -0.25) is 24.0 Å².